The molecule has 0 saturated carbocycles. The minimum absolute atomic E-state index is 0.0651. The maximum absolute atomic E-state index is 11.9. The highest BCUT2D eigenvalue weighted by Crippen LogP contribution is 2.24. The van der Waals surface area contributed by atoms with Crippen LogP contribution in [0.4, 0.5) is 4.79 Å². The number of amides is 1. The van der Waals surface area contributed by atoms with Gasteiger partial charge in [-0.05, 0) is 23.1 Å². The average molecular weight is 313 g/mol. The summed E-state index contributed by atoms with van der Waals surface area (Å²) in [6, 6.07) is 16.8. The van der Waals surface area contributed by atoms with Crippen molar-refractivity contribution in [3.63, 3.8) is 0 Å². The molecule has 0 fully saturated rings. The van der Waals surface area contributed by atoms with E-state index in [4.69, 9.17) is 17.0 Å². The Morgan fingerprint density at radius 2 is 1.59 bits per heavy atom. The summed E-state index contributed by atoms with van der Waals surface area (Å²) in [7, 11) is 0. The van der Waals surface area contributed by atoms with Gasteiger partial charge in [0.05, 0.1) is 0 Å². The smallest absolute Gasteiger partial charge is 0.410 e. The van der Waals surface area contributed by atoms with Crippen LogP contribution in [-0.2, 0) is 5.41 Å². The number of carbonyl (C=O) groups excluding carboxylic acids is 1. The number of nitrogens with one attached hydrogen (secondary N) is 1. The molecule has 3 nitrogen and oxygen atoms in total. The Labute approximate surface area is 136 Å². The van der Waals surface area contributed by atoms with E-state index in [1.165, 1.54) is 5.56 Å². The van der Waals surface area contributed by atoms with Crippen molar-refractivity contribution < 1.29 is 9.53 Å². The molecule has 114 valence electrons. The van der Waals surface area contributed by atoms with Gasteiger partial charge >= 0.3 is 6.09 Å². The Morgan fingerprint density at radius 3 is 2.14 bits per heavy atom. The second kappa shape index (κ2) is 6.71. The standard InChI is InChI=1S/C18H19NO2S/c1-18(2,3)14-9-11-15(12-10-14)21-17(20)19-16(22)13-7-5-4-6-8-13/h4-12H,1-3H3,(H,19,20,22). The number of hydrogen-bond donors (Lipinski definition) is 1. The SMILES string of the molecule is CC(C)(C)c1ccc(OC(=O)NC(=S)c2ccccc2)cc1. The Morgan fingerprint density at radius 1 is 1.00 bits per heavy atom. The van der Waals surface area contributed by atoms with Crippen LogP contribution in [0.3, 0.4) is 0 Å². The number of benzene rings is 2. The molecule has 0 unspecified atom stereocenters. The lowest BCUT2D eigenvalue weighted by molar-refractivity contribution is 0.206. The molecule has 0 aliphatic heterocycles. The highest BCUT2D eigenvalue weighted by molar-refractivity contribution is 7.80. The normalized spacial score (nSPS) is 10.9. The van der Waals surface area contributed by atoms with E-state index in [2.05, 4.69) is 26.1 Å². The van der Waals surface area contributed by atoms with Crippen LogP contribution in [0.1, 0.15) is 31.9 Å². The fourth-order valence-electron chi connectivity index (χ4n) is 1.91. The van der Waals surface area contributed by atoms with Gasteiger partial charge in [0, 0.05) is 5.56 Å². The molecule has 0 atom stereocenters. The predicted octanol–water partition coefficient (Wildman–Crippen LogP) is 4.45. The topological polar surface area (TPSA) is 38.3 Å². The molecule has 0 saturated heterocycles. The Balaban J connectivity index is 1.96. The first-order valence-corrected chi connectivity index (χ1v) is 7.46. The first-order valence-electron chi connectivity index (χ1n) is 7.05. The van der Waals surface area contributed by atoms with Crippen molar-refractivity contribution >= 4 is 23.3 Å². The van der Waals surface area contributed by atoms with Gasteiger partial charge in [0.1, 0.15) is 10.7 Å². The predicted molar refractivity (Wildman–Crippen MR) is 92.4 cm³/mol. The van der Waals surface area contributed by atoms with Crippen LogP contribution in [-0.4, -0.2) is 11.1 Å². The van der Waals surface area contributed by atoms with Gasteiger partial charge in [-0.15, -0.1) is 0 Å². The molecule has 1 amide bonds. The van der Waals surface area contributed by atoms with Crippen LogP contribution >= 0.6 is 12.2 Å². The molecule has 0 aliphatic rings. The summed E-state index contributed by atoms with van der Waals surface area (Å²) >= 11 is 5.17. The van der Waals surface area contributed by atoms with Crippen LogP contribution < -0.4 is 10.1 Å². The first-order chi connectivity index (χ1) is 10.4. The van der Waals surface area contributed by atoms with Crippen LogP contribution in [0, 0.1) is 0 Å². The van der Waals surface area contributed by atoms with Gasteiger partial charge in [0.2, 0.25) is 0 Å². The molecule has 22 heavy (non-hydrogen) atoms. The molecule has 0 radical (unpaired) electrons. The summed E-state index contributed by atoms with van der Waals surface area (Å²) in [6.45, 7) is 6.40. The Hall–Kier alpha value is -2.20. The summed E-state index contributed by atoms with van der Waals surface area (Å²) in [5.41, 5.74) is 2.02. The lowest BCUT2D eigenvalue weighted by atomic mass is 9.87. The summed E-state index contributed by atoms with van der Waals surface area (Å²) in [4.78, 5) is 12.2. The van der Waals surface area contributed by atoms with Crippen molar-refractivity contribution in [3.05, 3.63) is 65.7 Å². The van der Waals surface area contributed by atoms with E-state index in [1.807, 2.05) is 42.5 Å². The highest BCUT2D eigenvalue weighted by atomic mass is 32.1. The minimum Gasteiger partial charge on any atom is -0.410 e. The monoisotopic (exact) mass is 313 g/mol. The molecular formula is C18H19NO2S. The molecule has 2 rings (SSSR count). The zero-order valence-corrected chi connectivity index (χ0v) is 13.7. The molecule has 2 aromatic rings. The van der Waals surface area contributed by atoms with Crippen LogP contribution in [0.15, 0.2) is 54.6 Å². The Kier molecular flexibility index (Phi) is 4.93. The van der Waals surface area contributed by atoms with Crippen molar-refractivity contribution in [2.45, 2.75) is 26.2 Å². The summed E-state index contributed by atoms with van der Waals surface area (Å²) in [6.07, 6.45) is -0.586. The molecule has 0 spiro atoms. The molecule has 1 N–H and O–H groups in total. The van der Waals surface area contributed by atoms with Gasteiger partial charge in [-0.2, -0.15) is 0 Å². The van der Waals surface area contributed by atoms with E-state index in [0.29, 0.717) is 10.7 Å². The van der Waals surface area contributed by atoms with Gasteiger partial charge in [-0.3, -0.25) is 5.32 Å². The maximum atomic E-state index is 11.9. The quantitative estimate of drug-likeness (QED) is 0.833. The summed E-state index contributed by atoms with van der Waals surface area (Å²) in [5, 5.41) is 2.56. The van der Waals surface area contributed by atoms with E-state index in [0.717, 1.165) is 5.56 Å². The van der Waals surface area contributed by atoms with Gasteiger partial charge < -0.3 is 4.74 Å². The zero-order chi connectivity index (χ0) is 16.2. The van der Waals surface area contributed by atoms with E-state index in [1.54, 1.807) is 12.1 Å². The minimum atomic E-state index is -0.586. The molecule has 2 aromatic carbocycles. The molecular weight excluding hydrogens is 294 g/mol. The fourth-order valence-corrected chi connectivity index (χ4v) is 2.13. The Bertz CT molecular complexity index is 658. The maximum Gasteiger partial charge on any atom is 0.417 e. The van der Waals surface area contributed by atoms with Gasteiger partial charge in [-0.25, -0.2) is 4.79 Å². The summed E-state index contributed by atoms with van der Waals surface area (Å²) < 4.78 is 5.24. The van der Waals surface area contributed by atoms with Crippen molar-refractivity contribution in [2.75, 3.05) is 0 Å². The van der Waals surface area contributed by atoms with E-state index in [9.17, 15) is 4.79 Å². The molecule has 0 aliphatic carbocycles. The largest absolute Gasteiger partial charge is 0.417 e. The lowest BCUT2D eigenvalue weighted by Gasteiger charge is -2.19. The second-order valence-electron chi connectivity index (χ2n) is 5.98. The van der Waals surface area contributed by atoms with E-state index in [-0.39, 0.29) is 5.41 Å². The molecule has 4 heteroatoms. The van der Waals surface area contributed by atoms with E-state index < -0.39 is 6.09 Å². The van der Waals surface area contributed by atoms with Crippen molar-refractivity contribution in [3.8, 4) is 5.75 Å². The third-order valence-electron chi connectivity index (χ3n) is 3.18. The first kappa shape index (κ1) is 16.2. The number of ether oxygens (including phenoxy) is 1. The molecule has 0 heterocycles. The number of rotatable bonds is 2. The second-order valence-corrected chi connectivity index (χ2v) is 6.39. The number of thiocarbonyl (C=S) groups is 1. The zero-order valence-electron chi connectivity index (χ0n) is 12.9. The lowest BCUT2D eigenvalue weighted by Crippen LogP contribution is -2.32. The average Bonchev–Trinajstić information content (AvgIpc) is 2.47. The van der Waals surface area contributed by atoms with Crippen LogP contribution in [0.5, 0.6) is 5.75 Å². The highest BCUT2D eigenvalue weighted by Gasteiger charge is 2.14. The van der Waals surface area contributed by atoms with Crippen molar-refractivity contribution in [2.24, 2.45) is 0 Å². The fraction of sp³-hybridized carbons (Fsp3) is 0.222. The van der Waals surface area contributed by atoms with Crippen molar-refractivity contribution in [1.29, 1.82) is 0 Å². The van der Waals surface area contributed by atoms with Crippen LogP contribution in [0.2, 0.25) is 0 Å². The third-order valence-corrected chi connectivity index (χ3v) is 3.52. The van der Waals surface area contributed by atoms with Gasteiger partial charge in [-0.1, -0.05) is 75.5 Å². The third kappa shape index (κ3) is 4.40. The van der Waals surface area contributed by atoms with Crippen molar-refractivity contribution in [1.82, 2.24) is 5.32 Å². The van der Waals surface area contributed by atoms with Gasteiger partial charge in [0.25, 0.3) is 0 Å². The number of hydrogen-bond acceptors (Lipinski definition) is 3. The van der Waals surface area contributed by atoms with Gasteiger partial charge in [0.15, 0.2) is 0 Å². The van der Waals surface area contributed by atoms with E-state index >= 15 is 0 Å². The van der Waals surface area contributed by atoms with Crippen LogP contribution in [0.25, 0.3) is 0 Å². The molecule has 0 aromatic heterocycles. The molecule has 0 bridgehead atoms. The number of carbonyl (C=O) groups is 1. The summed E-state index contributed by atoms with van der Waals surface area (Å²) in [5.74, 6) is 0.487.